The van der Waals surface area contributed by atoms with Gasteiger partial charge in [-0.1, -0.05) is 0 Å². The summed E-state index contributed by atoms with van der Waals surface area (Å²) >= 11 is 0. The van der Waals surface area contributed by atoms with Crippen molar-refractivity contribution in [1.82, 2.24) is 15.3 Å². The molecule has 0 aliphatic carbocycles. The summed E-state index contributed by atoms with van der Waals surface area (Å²) in [5.41, 5.74) is 3.75. The molecule has 0 bridgehead atoms. The van der Waals surface area contributed by atoms with E-state index in [0.717, 1.165) is 16.9 Å². The van der Waals surface area contributed by atoms with Crippen LogP contribution in [0.1, 0.15) is 34.6 Å². The normalized spacial score (nSPS) is 17.8. The van der Waals surface area contributed by atoms with Crippen molar-refractivity contribution in [1.29, 1.82) is 0 Å². The summed E-state index contributed by atoms with van der Waals surface area (Å²) in [5.74, 6) is 0.503. The predicted molar refractivity (Wildman–Crippen MR) is 92.7 cm³/mol. The number of aryl methyl sites for hydroxylation is 2. The molecule has 1 aliphatic rings. The Morgan fingerprint density at radius 3 is 2.42 bits per heavy atom. The molecule has 24 heavy (non-hydrogen) atoms. The van der Waals surface area contributed by atoms with Gasteiger partial charge in [0.1, 0.15) is 9.84 Å². The molecule has 1 amide bonds. The van der Waals surface area contributed by atoms with Crippen molar-refractivity contribution >= 4 is 26.8 Å². The number of amides is 1. The van der Waals surface area contributed by atoms with Gasteiger partial charge in [0.15, 0.2) is 0 Å². The first-order chi connectivity index (χ1) is 11.3. The molecule has 128 valence electrons. The highest BCUT2D eigenvalue weighted by Gasteiger charge is 2.23. The number of carbonyl (C=O) groups is 1. The molecule has 7 heteroatoms. The standard InChI is InChI=1S/C17H21N3O3S/c1-11-12(2)20-16-9-14(3-4-15(16)19-11)17(21)18-10-13-5-7-24(22,23)8-6-13/h3-4,9,13H,5-8,10H2,1-2H3,(H,18,21). The number of aromatic nitrogens is 2. The van der Waals surface area contributed by atoms with E-state index in [-0.39, 0.29) is 23.3 Å². The summed E-state index contributed by atoms with van der Waals surface area (Å²) in [6.07, 6.45) is 1.23. The van der Waals surface area contributed by atoms with Crippen LogP contribution in [0.3, 0.4) is 0 Å². The van der Waals surface area contributed by atoms with Gasteiger partial charge in [-0.05, 0) is 50.8 Å². The summed E-state index contributed by atoms with van der Waals surface area (Å²) in [5, 5.41) is 2.90. The topological polar surface area (TPSA) is 89.0 Å². The van der Waals surface area contributed by atoms with Crippen LogP contribution in [-0.4, -0.2) is 42.3 Å². The molecular formula is C17H21N3O3S. The van der Waals surface area contributed by atoms with E-state index in [9.17, 15) is 13.2 Å². The lowest BCUT2D eigenvalue weighted by Gasteiger charge is -2.22. The molecule has 1 fully saturated rings. The molecule has 0 atom stereocenters. The SMILES string of the molecule is Cc1nc2ccc(C(=O)NCC3CCS(=O)(=O)CC3)cc2nc1C. The number of benzene rings is 1. The Labute approximate surface area is 141 Å². The molecule has 1 N–H and O–H groups in total. The van der Waals surface area contributed by atoms with E-state index in [2.05, 4.69) is 15.3 Å². The molecule has 1 saturated heterocycles. The highest BCUT2D eigenvalue weighted by Crippen LogP contribution is 2.18. The van der Waals surface area contributed by atoms with E-state index >= 15 is 0 Å². The number of hydrogen-bond acceptors (Lipinski definition) is 5. The Morgan fingerprint density at radius 2 is 1.75 bits per heavy atom. The van der Waals surface area contributed by atoms with Crippen LogP contribution in [0.5, 0.6) is 0 Å². The van der Waals surface area contributed by atoms with Crippen LogP contribution >= 0.6 is 0 Å². The number of nitrogens with one attached hydrogen (secondary N) is 1. The number of rotatable bonds is 3. The van der Waals surface area contributed by atoms with Gasteiger partial charge in [-0.2, -0.15) is 0 Å². The van der Waals surface area contributed by atoms with Gasteiger partial charge in [0.2, 0.25) is 0 Å². The minimum atomic E-state index is -2.87. The first kappa shape index (κ1) is 16.8. The van der Waals surface area contributed by atoms with Crippen molar-refractivity contribution in [3.63, 3.8) is 0 Å². The third-order valence-corrected chi connectivity index (χ3v) is 6.28. The van der Waals surface area contributed by atoms with Gasteiger partial charge in [0.25, 0.3) is 5.91 Å². The van der Waals surface area contributed by atoms with Gasteiger partial charge in [0.05, 0.1) is 33.9 Å². The van der Waals surface area contributed by atoms with Crippen LogP contribution in [0, 0.1) is 19.8 Å². The van der Waals surface area contributed by atoms with Crippen molar-refractivity contribution in [3.05, 3.63) is 35.2 Å². The number of sulfone groups is 1. The third-order valence-electron chi connectivity index (χ3n) is 4.56. The van der Waals surface area contributed by atoms with E-state index in [4.69, 9.17) is 0 Å². The zero-order chi connectivity index (χ0) is 17.3. The van der Waals surface area contributed by atoms with E-state index in [1.54, 1.807) is 18.2 Å². The van der Waals surface area contributed by atoms with Gasteiger partial charge in [-0.3, -0.25) is 4.79 Å². The number of fused-ring (bicyclic) bond motifs is 1. The lowest BCUT2D eigenvalue weighted by atomic mass is 10.0. The quantitative estimate of drug-likeness (QED) is 0.914. The molecule has 2 heterocycles. The number of nitrogens with zero attached hydrogens (tertiary/aromatic N) is 2. The molecule has 2 aromatic rings. The second-order valence-corrected chi connectivity index (χ2v) is 8.71. The van der Waals surface area contributed by atoms with Crippen molar-refractivity contribution in [3.8, 4) is 0 Å². The Balaban J connectivity index is 1.67. The minimum Gasteiger partial charge on any atom is -0.352 e. The van der Waals surface area contributed by atoms with Crippen molar-refractivity contribution in [2.75, 3.05) is 18.1 Å². The first-order valence-electron chi connectivity index (χ1n) is 8.08. The predicted octanol–water partition coefficient (Wildman–Crippen LogP) is 1.80. The molecule has 1 aromatic carbocycles. The molecule has 6 nitrogen and oxygen atoms in total. The highest BCUT2D eigenvalue weighted by atomic mass is 32.2. The molecule has 0 unspecified atom stereocenters. The lowest BCUT2D eigenvalue weighted by molar-refractivity contribution is 0.0946. The van der Waals surface area contributed by atoms with Crippen molar-refractivity contribution in [2.24, 2.45) is 5.92 Å². The van der Waals surface area contributed by atoms with E-state index in [0.29, 0.717) is 30.5 Å². The van der Waals surface area contributed by atoms with E-state index in [1.165, 1.54) is 0 Å². The molecular weight excluding hydrogens is 326 g/mol. The average Bonchev–Trinajstić information content (AvgIpc) is 2.54. The lowest BCUT2D eigenvalue weighted by Crippen LogP contribution is -2.34. The smallest absolute Gasteiger partial charge is 0.251 e. The fraction of sp³-hybridized carbons (Fsp3) is 0.471. The summed E-state index contributed by atoms with van der Waals surface area (Å²) in [6.45, 7) is 4.31. The zero-order valence-electron chi connectivity index (χ0n) is 13.9. The Hall–Kier alpha value is -2.02. The molecule has 0 spiro atoms. The molecule has 1 aliphatic heterocycles. The van der Waals surface area contributed by atoms with Gasteiger partial charge in [-0.25, -0.2) is 18.4 Å². The fourth-order valence-electron chi connectivity index (χ4n) is 2.85. The van der Waals surface area contributed by atoms with Gasteiger partial charge in [0, 0.05) is 12.1 Å². The zero-order valence-corrected chi connectivity index (χ0v) is 14.7. The van der Waals surface area contributed by atoms with Gasteiger partial charge < -0.3 is 5.32 Å². The maximum absolute atomic E-state index is 12.3. The Bertz CT molecular complexity index is 879. The first-order valence-corrected chi connectivity index (χ1v) is 9.90. The van der Waals surface area contributed by atoms with Crippen LogP contribution < -0.4 is 5.32 Å². The summed E-state index contributed by atoms with van der Waals surface area (Å²) in [7, 11) is -2.87. The average molecular weight is 347 g/mol. The largest absolute Gasteiger partial charge is 0.352 e. The third kappa shape index (κ3) is 3.72. The van der Waals surface area contributed by atoms with Crippen LogP contribution in [-0.2, 0) is 9.84 Å². The van der Waals surface area contributed by atoms with Gasteiger partial charge >= 0.3 is 0 Å². The van der Waals surface area contributed by atoms with E-state index < -0.39 is 9.84 Å². The summed E-state index contributed by atoms with van der Waals surface area (Å²) in [6, 6.07) is 5.29. The molecule has 3 rings (SSSR count). The highest BCUT2D eigenvalue weighted by molar-refractivity contribution is 7.91. The maximum Gasteiger partial charge on any atom is 0.251 e. The minimum absolute atomic E-state index is 0.162. The van der Waals surface area contributed by atoms with Gasteiger partial charge in [-0.15, -0.1) is 0 Å². The number of hydrogen-bond donors (Lipinski definition) is 1. The van der Waals surface area contributed by atoms with Crippen LogP contribution in [0.4, 0.5) is 0 Å². The maximum atomic E-state index is 12.3. The fourth-order valence-corrected chi connectivity index (χ4v) is 4.44. The van der Waals surface area contributed by atoms with Crippen LogP contribution in [0.25, 0.3) is 11.0 Å². The van der Waals surface area contributed by atoms with Crippen molar-refractivity contribution < 1.29 is 13.2 Å². The summed E-state index contributed by atoms with van der Waals surface area (Å²) in [4.78, 5) is 21.3. The molecule has 0 saturated carbocycles. The summed E-state index contributed by atoms with van der Waals surface area (Å²) < 4.78 is 22.9. The Kier molecular flexibility index (Phi) is 4.54. The molecule has 0 radical (unpaired) electrons. The molecule has 1 aromatic heterocycles. The van der Waals surface area contributed by atoms with E-state index in [1.807, 2.05) is 13.8 Å². The van der Waals surface area contributed by atoms with Crippen molar-refractivity contribution in [2.45, 2.75) is 26.7 Å². The Morgan fingerprint density at radius 1 is 1.12 bits per heavy atom. The monoisotopic (exact) mass is 347 g/mol. The van der Waals surface area contributed by atoms with Crippen LogP contribution in [0.15, 0.2) is 18.2 Å². The number of carbonyl (C=O) groups excluding carboxylic acids is 1. The second-order valence-electron chi connectivity index (χ2n) is 6.40. The second kappa shape index (κ2) is 6.47. The van der Waals surface area contributed by atoms with Crippen LogP contribution in [0.2, 0.25) is 0 Å².